The van der Waals surface area contributed by atoms with Gasteiger partial charge in [-0.15, -0.1) is 0 Å². The highest BCUT2D eigenvalue weighted by Gasteiger charge is 2.25. The normalized spacial score (nSPS) is 16.0. The molecule has 0 spiro atoms. The van der Waals surface area contributed by atoms with Gasteiger partial charge in [0.15, 0.2) is 5.78 Å². The Morgan fingerprint density at radius 2 is 1.70 bits per heavy atom. The first kappa shape index (κ1) is 19.4. The number of Topliss-reactive ketones (excluding diaryl/α,β-unsaturated/α-hetero) is 1. The van der Waals surface area contributed by atoms with Gasteiger partial charge in [0.05, 0.1) is 6.04 Å². The van der Waals surface area contributed by atoms with Crippen molar-refractivity contribution in [1.82, 2.24) is 4.90 Å². The Hall–Kier alpha value is -2.37. The summed E-state index contributed by atoms with van der Waals surface area (Å²) in [7, 11) is 0. The van der Waals surface area contributed by atoms with Crippen LogP contribution in [0.5, 0.6) is 0 Å². The molecule has 0 aliphatic carbocycles. The molecule has 1 N–H and O–H groups in total. The molecule has 0 radical (unpaired) electrons. The van der Waals surface area contributed by atoms with E-state index in [0.29, 0.717) is 10.7 Å². The quantitative estimate of drug-likeness (QED) is 0.797. The van der Waals surface area contributed by atoms with Crippen molar-refractivity contribution in [3.05, 3.63) is 59.1 Å². The van der Waals surface area contributed by atoms with Gasteiger partial charge in [-0.25, -0.2) is 0 Å². The number of hydrogen-bond donors (Lipinski definition) is 1. The molecule has 1 amide bonds. The molecule has 3 rings (SSSR count). The van der Waals surface area contributed by atoms with Crippen molar-refractivity contribution in [3.8, 4) is 0 Å². The zero-order chi connectivity index (χ0) is 19.4. The molecule has 1 aliphatic rings. The van der Waals surface area contributed by atoms with Gasteiger partial charge < -0.3 is 10.2 Å². The monoisotopic (exact) mass is 385 g/mol. The first-order chi connectivity index (χ1) is 12.9. The van der Waals surface area contributed by atoms with Crippen molar-refractivity contribution >= 4 is 34.7 Å². The Labute approximate surface area is 164 Å². The smallest absolute Gasteiger partial charge is 0.241 e. The standard InChI is InChI=1S/C21H24ClN3O2/c1-15(21(27)23-19-5-3-4-18(22)14-19)24-10-12-25(13-11-24)20-8-6-17(7-9-20)16(2)26/h3-9,14-15H,10-13H2,1-2H3,(H,23,27)/t15-/m0/s1. The predicted molar refractivity (Wildman–Crippen MR) is 110 cm³/mol. The van der Waals surface area contributed by atoms with Gasteiger partial charge in [-0.1, -0.05) is 17.7 Å². The van der Waals surface area contributed by atoms with Crippen LogP contribution in [0.15, 0.2) is 48.5 Å². The third kappa shape index (κ3) is 4.87. The number of halogens is 1. The lowest BCUT2D eigenvalue weighted by Crippen LogP contribution is -2.52. The number of hydrogen-bond acceptors (Lipinski definition) is 4. The van der Waals surface area contributed by atoms with E-state index in [0.717, 1.165) is 37.4 Å². The summed E-state index contributed by atoms with van der Waals surface area (Å²) >= 11 is 5.97. The third-order valence-electron chi connectivity index (χ3n) is 4.97. The fourth-order valence-electron chi connectivity index (χ4n) is 3.25. The molecule has 1 heterocycles. The zero-order valence-electron chi connectivity index (χ0n) is 15.6. The van der Waals surface area contributed by atoms with Crippen molar-refractivity contribution in [3.63, 3.8) is 0 Å². The van der Waals surface area contributed by atoms with Crippen molar-refractivity contribution in [2.45, 2.75) is 19.9 Å². The SMILES string of the molecule is CC(=O)c1ccc(N2CCN([C@@H](C)C(=O)Nc3cccc(Cl)c3)CC2)cc1. The Bertz CT molecular complexity index is 814. The van der Waals surface area contributed by atoms with Crippen LogP contribution in [-0.2, 0) is 4.79 Å². The molecule has 0 saturated carbocycles. The highest BCUT2D eigenvalue weighted by molar-refractivity contribution is 6.30. The minimum atomic E-state index is -0.216. The summed E-state index contributed by atoms with van der Waals surface area (Å²) in [6.45, 7) is 6.79. The van der Waals surface area contributed by atoms with Crippen molar-refractivity contribution in [1.29, 1.82) is 0 Å². The number of anilines is 2. The van der Waals surface area contributed by atoms with Crippen LogP contribution in [0, 0.1) is 0 Å². The highest BCUT2D eigenvalue weighted by atomic mass is 35.5. The molecule has 1 saturated heterocycles. The number of nitrogens with one attached hydrogen (secondary N) is 1. The molecule has 5 nitrogen and oxygen atoms in total. The number of piperazine rings is 1. The maximum Gasteiger partial charge on any atom is 0.241 e. The maximum atomic E-state index is 12.5. The summed E-state index contributed by atoms with van der Waals surface area (Å²) in [4.78, 5) is 28.4. The highest BCUT2D eigenvalue weighted by Crippen LogP contribution is 2.19. The number of rotatable bonds is 5. The van der Waals surface area contributed by atoms with Crippen molar-refractivity contribution in [2.24, 2.45) is 0 Å². The molecule has 27 heavy (non-hydrogen) atoms. The summed E-state index contributed by atoms with van der Waals surface area (Å²) < 4.78 is 0. The Kier molecular flexibility index (Phi) is 6.14. The van der Waals surface area contributed by atoms with Crippen LogP contribution in [0.3, 0.4) is 0 Å². The fraction of sp³-hybridized carbons (Fsp3) is 0.333. The summed E-state index contributed by atoms with van der Waals surface area (Å²) in [5.41, 5.74) is 2.54. The van der Waals surface area contributed by atoms with E-state index in [1.807, 2.05) is 43.3 Å². The molecule has 0 aromatic heterocycles. The Morgan fingerprint density at radius 3 is 2.30 bits per heavy atom. The van der Waals surface area contributed by atoms with Gasteiger partial charge in [0.25, 0.3) is 0 Å². The van der Waals surface area contributed by atoms with E-state index in [2.05, 4.69) is 15.1 Å². The van der Waals surface area contributed by atoms with E-state index in [1.165, 1.54) is 0 Å². The van der Waals surface area contributed by atoms with Crippen LogP contribution in [0.25, 0.3) is 0 Å². The van der Waals surface area contributed by atoms with Gasteiger partial charge in [0.1, 0.15) is 0 Å². The zero-order valence-corrected chi connectivity index (χ0v) is 16.4. The molecule has 2 aromatic carbocycles. The molecule has 1 atom stereocenters. The van der Waals surface area contributed by atoms with Gasteiger partial charge in [-0.05, 0) is 56.3 Å². The van der Waals surface area contributed by atoms with Crippen LogP contribution < -0.4 is 10.2 Å². The molecule has 0 bridgehead atoms. The lowest BCUT2D eigenvalue weighted by atomic mass is 10.1. The van der Waals surface area contributed by atoms with Crippen LogP contribution in [0.4, 0.5) is 11.4 Å². The Balaban J connectivity index is 1.54. The van der Waals surface area contributed by atoms with Crippen LogP contribution in [0.1, 0.15) is 24.2 Å². The Morgan fingerprint density at radius 1 is 1.04 bits per heavy atom. The minimum absolute atomic E-state index is 0.0310. The predicted octanol–water partition coefficient (Wildman–Crippen LogP) is 3.69. The number of nitrogens with zero attached hydrogens (tertiary/aromatic N) is 2. The molecule has 6 heteroatoms. The second-order valence-electron chi connectivity index (χ2n) is 6.80. The molecular formula is C21H24ClN3O2. The summed E-state index contributed by atoms with van der Waals surface area (Å²) in [6, 6.07) is 14.7. The number of carbonyl (C=O) groups is 2. The first-order valence-electron chi connectivity index (χ1n) is 9.10. The van der Waals surface area contributed by atoms with E-state index in [1.54, 1.807) is 19.1 Å². The van der Waals surface area contributed by atoms with Gasteiger partial charge in [0.2, 0.25) is 5.91 Å². The third-order valence-corrected chi connectivity index (χ3v) is 5.21. The van der Waals surface area contributed by atoms with E-state index >= 15 is 0 Å². The summed E-state index contributed by atoms with van der Waals surface area (Å²) in [5.74, 6) is 0.0439. The van der Waals surface area contributed by atoms with Crippen LogP contribution >= 0.6 is 11.6 Å². The van der Waals surface area contributed by atoms with Crippen LogP contribution in [0.2, 0.25) is 5.02 Å². The number of amides is 1. The second kappa shape index (κ2) is 8.55. The van der Waals surface area contributed by atoms with Gasteiger partial charge in [0, 0.05) is 48.1 Å². The van der Waals surface area contributed by atoms with Crippen molar-refractivity contribution in [2.75, 3.05) is 36.4 Å². The second-order valence-corrected chi connectivity index (χ2v) is 7.24. The lowest BCUT2D eigenvalue weighted by Gasteiger charge is -2.38. The first-order valence-corrected chi connectivity index (χ1v) is 9.48. The van der Waals surface area contributed by atoms with Gasteiger partial charge in [-0.3, -0.25) is 14.5 Å². The average molecular weight is 386 g/mol. The lowest BCUT2D eigenvalue weighted by molar-refractivity contribution is -0.120. The molecule has 1 aliphatic heterocycles. The average Bonchev–Trinajstić information content (AvgIpc) is 2.67. The van der Waals surface area contributed by atoms with Crippen molar-refractivity contribution < 1.29 is 9.59 Å². The number of benzene rings is 2. The molecule has 142 valence electrons. The largest absolute Gasteiger partial charge is 0.369 e. The van der Waals surface area contributed by atoms with Gasteiger partial charge >= 0.3 is 0 Å². The van der Waals surface area contributed by atoms with E-state index in [-0.39, 0.29) is 17.7 Å². The number of ketones is 1. The molecular weight excluding hydrogens is 362 g/mol. The molecule has 2 aromatic rings. The maximum absolute atomic E-state index is 12.5. The van der Waals surface area contributed by atoms with E-state index in [4.69, 9.17) is 11.6 Å². The summed E-state index contributed by atoms with van der Waals surface area (Å²) in [6.07, 6.45) is 0. The van der Waals surface area contributed by atoms with Gasteiger partial charge in [-0.2, -0.15) is 0 Å². The van der Waals surface area contributed by atoms with E-state index in [9.17, 15) is 9.59 Å². The molecule has 0 unspecified atom stereocenters. The summed E-state index contributed by atoms with van der Waals surface area (Å²) in [5, 5.41) is 3.53. The fourth-order valence-corrected chi connectivity index (χ4v) is 3.44. The number of carbonyl (C=O) groups excluding carboxylic acids is 2. The molecule has 1 fully saturated rings. The van der Waals surface area contributed by atoms with Crippen LogP contribution in [-0.4, -0.2) is 48.8 Å². The topological polar surface area (TPSA) is 52.7 Å². The van der Waals surface area contributed by atoms with E-state index < -0.39 is 0 Å². The minimum Gasteiger partial charge on any atom is -0.369 e.